The van der Waals surface area contributed by atoms with Gasteiger partial charge < -0.3 is 10.6 Å². The lowest BCUT2D eigenvalue weighted by molar-refractivity contribution is -0.115. The summed E-state index contributed by atoms with van der Waals surface area (Å²) in [5, 5.41) is 9.88. The molecule has 0 aliphatic heterocycles. The average Bonchev–Trinajstić information content (AvgIpc) is 2.68. The summed E-state index contributed by atoms with van der Waals surface area (Å²) in [7, 11) is 1.85. The number of anilines is 1. The topological polar surface area (TPSA) is 59.0 Å². The highest BCUT2D eigenvalue weighted by Gasteiger charge is 2.05. The van der Waals surface area contributed by atoms with Gasteiger partial charge in [-0.25, -0.2) is 4.39 Å². The summed E-state index contributed by atoms with van der Waals surface area (Å²) < 4.78 is 14.7. The molecule has 1 amide bonds. The molecule has 0 spiro atoms. The van der Waals surface area contributed by atoms with E-state index in [0.29, 0.717) is 12.2 Å². The van der Waals surface area contributed by atoms with Gasteiger partial charge in [-0.3, -0.25) is 9.48 Å². The molecule has 0 aliphatic carbocycles. The Bertz CT molecular complexity index is 609. The zero-order chi connectivity index (χ0) is 14.5. The second-order valence-corrected chi connectivity index (χ2v) is 4.58. The molecule has 0 bridgehead atoms. The summed E-state index contributed by atoms with van der Waals surface area (Å²) in [5.41, 5.74) is 2.44. The maximum atomic E-state index is 13.0. The molecule has 6 heteroatoms. The Morgan fingerprint density at radius 3 is 2.90 bits per heavy atom. The van der Waals surface area contributed by atoms with Crippen molar-refractivity contribution in [3.63, 3.8) is 0 Å². The third-order valence-corrected chi connectivity index (χ3v) is 2.82. The maximum absolute atomic E-state index is 13.0. The molecule has 0 aliphatic rings. The maximum Gasteiger partial charge on any atom is 0.238 e. The average molecular weight is 276 g/mol. The largest absolute Gasteiger partial charge is 0.325 e. The Kier molecular flexibility index (Phi) is 4.47. The van der Waals surface area contributed by atoms with E-state index in [0.717, 1.165) is 11.3 Å². The first-order valence-corrected chi connectivity index (χ1v) is 6.30. The molecule has 0 fully saturated rings. The number of halogens is 1. The van der Waals surface area contributed by atoms with Gasteiger partial charge in [0.05, 0.1) is 12.2 Å². The van der Waals surface area contributed by atoms with Crippen LogP contribution < -0.4 is 10.6 Å². The SMILES string of the molecule is Cc1nn(C)cc1CNCC(=O)Nc1cccc(F)c1. The van der Waals surface area contributed by atoms with Crippen LogP contribution in [0.3, 0.4) is 0 Å². The van der Waals surface area contributed by atoms with Gasteiger partial charge in [-0.05, 0) is 25.1 Å². The second kappa shape index (κ2) is 6.29. The highest BCUT2D eigenvalue weighted by atomic mass is 19.1. The van der Waals surface area contributed by atoms with E-state index in [2.05, 4.69) is 15.7 Å². The van der Waals surface area contributed by atoms with Crippen LogP contribution in [-0.4, -0.2) is 22.2 Å². The number of nitrogens with zero attached hydrogens (tertiary/aromatic N) is 2. The van der Waals surface area contributed by atoms with Crippen molar-refractivity contribution in [1.82, 2.24) is 15.1 Å². The lowest BCUT2D eigenvalue weighted by Crippen LogP contribution is -2.27. The molecule has 0 saturated heterocycles. The Morgan fingerprint density at radius 1 is 1.45 bits per heavy atom. The van der Waals surface area contributed by atoms with Crippen LogP contribution >= 0.6 is 0 Å². The van der Waals surface area contributed by atoms with Gasteiger partial charge in [0.2, 0.25) is 5.91 Å². The molecule has 1 aromatic heterocycles. The number of carbonyl (C=O) groups excluding carboxylic acids is 1. The van der Waals surface area contributed by atoms with E-state index in [-0.39, 0.29) is 18.3 Å². The third kappa shape index (κ3) is 3.89. The summed E-state index contributed by atoms with van der Waals surface area (Å²) in [6, 6.07) is 5.81. The molecule has 106 valence electrons. The number of benzene rings is 1. The zero-order valence-electron chi connectivity index (χ0n) is 11.5. The lowest BCUT2D eigenvalue weighted by atomic mass is 10.2. The van der Waals surface area contributed by atoms with Crippen LogP contribution in [-0.2, 0) is 18.4 Å². The summed E-state index contributed by atoms with van der Waals surface area (Å²) in [4.78, 5) is 11.7. The van der Waals surface area contributed by atoms with E-state index >= 15 is 0 Å². The number of nitrogens with one attached hydrogen (secondary N) is 2. The fraction of sp³-hybridized carbons (Fsp3) is 0.286. The molecule has 2 aromatic rings. The summed E-state index contributed by atoms with van der Waals surface area (Å²) in [6.45, 7) is 2.64. The highest BCUT2D eigenvalue weighted by molar-refractivity contribution is 5.92. The van der Waals surface area contributed by atoms with Gasteiger partial charge in [-0.1, -0.05) is 6.07 Å². The first kappa shape index (κ1) is 14.2. The van der Waals surface area contributed by atoms with E-state index in [1.165, 1.54) is 12.1 Å². The predicted molar refractivity (Wildman–Crippen MR) is 74.7 cm³/mol. The molecule has 0 saturated carbocycles. The van der Waals surface area contributed by atoms with Gasteiger partial charge in [-0.2, -0.15) is 5.10 Å². The minimum Gasteiger partial charge on any atom is -0.325 e. The van der Waals surface area contributed by atoms with Gasteiger partial charge in [0, 0.05) is 31.0 Å². The fourth-order valence-corrected chi connectivity index (χ4v) is 1.90. The van der Waals surface area contributed by atoms with Crippen molar-refractivity contribution in [2.75, 3.05) is 11.9 Å². The first-order valence-electron chi connectivity index (χ1n) is 6.30. The Morgan fingerprint density at radius 2 is 2.25 bits per heavy atom. The molecule has 2 N–H and O–H groups in total. The van der Waals surface area contributed by atoms with E-state index in [1.807, 2.05) is 20.2 Å². The highest BCUT2D eigenvalue weighted by Crippen LogP contribution is 2.08. The van der Waals surface area contributed by atoms with E-state index < -0.39 is 0 Å². The van der Waals surface area contributed by atoms with Crippen molar-refractivity contribution in [2.45, 2.75) is 13.5 Å². The van der Waals surface area contributed by atoms with Gasteiger partial charge in [0.25, 0.3) is 0 Å². The molecule has 0 unspecified atom stereocenters. The zero-order valence-corrected chi connectivity index (χ0v) is 11.5. The fourth-order valence-electron chi connectivity index (χ4n) is 1.90. The van der Waals surface area contributed by atoms with Gasteiger partial charge in [0.15, 0.2) is 0 Å². The Balaban J connectivity index is 1.79. The van der Waals surface area contributed by atoms with Crippen molar-refractivity contribution in [3.8, 4) is 0 Å². The molecule has 5 nitrogen and oxygen atoms in total. The van der Waals surface area contributed by atoms with Crippen LogP contribution in [0.15, 0.2) is 30.5 Å². The monoisotopic (exact) mass is 276 g/mol. The molecule has 1 aromatic carbocycles. The molecular weight excluding hydrogens is 259 g/mol. The summed E-state index contributed by atoms with van der Waals surface area (Å²) in [5.74, 6) is -0.584. The van der Waals surface area contributed by atoms with Crippen LogP contribution in [0.25, 0.3) is 0 Å². The number of amides is 1. The number of aromatic nitrogens is 2. The third-order valence-electron chi connectivity index (χ3n) is 2.82. The Hall–Kier alpha value is -2.21. The molecule has 20 heavy (non-hydrogen) atoms. The molecule has 1 heterocycles. The van der Waals surface area contributed by atoms with Crippen molar-refractivity contribution < 1.29 is 9.18 Å². The Labute approximate surface area is 116 Å². The summed E-state index contributed by atoms with van der Waals surface area (Å²) >= 11 is 0. The van der Waals surface area contributed by atoms with E-state index in [1.54, 1.807) is 16.8 Å². The van der Waals surface area contributed by atoms with Gasteiger partial charge in [-0.15, -0.1) is 0 Å². The van der Waals surface area contributed by atoms with Crippen LogP contribution in [0.4, 0.5) is 10.1 Å². The van der Waals surface area contributed by atoms with Crippen LogP contribution in [0.2, 0.25) is 0 Å². The van der Waals surface area contributed by atoms with E-state index in [4.69, 9.17) is 0 Å². The molecule has 0 atom stereocenters. The first-order chi connectivity index (χ1) is 9.54. The van der Waals surface area contributed by atoms with Crippen molar-refractivity contribution in [1.29, 1.82) is 0 Å². The summed E-state index contributed by atoms with van der Waals surface area (Å²) in [6.07, 6.45) is 1.91. The van der Waals surface area contributed by atoms with Crippen LogP contribution in [0.5, 0.6) is 0 Å². The van der Waals surface area contributed by atoms with Crippen LogP contribution in [0.1, 0.15) is 11.3 Å². The standard InChI is InChI=1S/C14H17FN4O/c1-10-11(9-19(2)18-10)7-16-8-14(20)17-13-5-3-4-12(15)6-13/h3-6,9,16H,7-8H2,1-2H3,(H,17,20). The number of aryl methyl sites for hydroxylation is 2. The number of hydrogen-bond acceptors (Lipinski definition) is 3. The van der Waals surface area contributed by atoms with Crippen molar-refractivity contribution in [3.05, 3.63) is 47.5 Å². The molecule has 0 radical (unpaired) electrons. The van der Waals surface area contributed by atoms with Crippen molar-refractivity contribution in [2.24, 2.45) is 7.05 Å². The predicted octanol–water partition coefficient (Wildman–Crippen LogP) is 1.60. The van der Waals surface area contributed by atoms with Gasteiger partial charge in [0.1, 0.15) is 5.82 Å². The van der Waals surface area contributed by atoms with Crippen LogP contribution in [0, 0.1) is 12.7 Å². The quantitative estimate of drug-likeness (QED) is 0.872. The smallest absolute Gasteiger partial charge is 0.238 e. The van der Waals surface area contributed by atoms with E-state index in [9.17, 15) is 9.18 Å². The molecule has 2 rings (SSSR count). The minimum atomic E-state index is -0.373. The second-order valence-electron chi connectivity index (χ2n) is 4.58. The number of hydrogen-bond donors (Lipinski definition) is 2. The molecular formula is C14H17FN4O. The lowest BCUT2D eigenvalue weighted by Gasteiger charge is -2.06. The van der Waals surface area contributed by atoms with Gasteiger partial charge >= 0.3 is 0 Å². The van der Waals surface area contributed by atoms with Crippen molar-refractivity contribution >= 4 is 11.6 Å². The normalized spacial score (nSPS) is 10.6. The number of carbonyl (C=O) groups is 1. The minimum absolute atomic E-state index is 0.158. The number of rotatable bonds is 5.